The molecule has 7 amide bonds. The lowest BCUT2D eigenvalue weighted by Gasteiger charge is -2.32. The summed E-state index contributed by atoms with van der Waals surface area (Å²) in [5, 5.41) is 57.6. The molecule has 5 rings (SSSR count). The summed E-state index contributed by atoms with van der Waals surface area (Å²) in [6, 6.07) is 19.1. The van der Waals surface area contributed by atoms with Gasteiger partial charge in [-0.3, -0.25) is 73.2 Å². The number of nitrogens with one attached hydrogen (secondary N) is 7. The van der Waals surface area contributed by atoms with E-state index in [1.54, 1.807) is 45.9 Å². The van der Waals surface area contributed by atoms with Gasteiger partial charge in [-0.15, -0.1) is 0 Å². The molecule has 3 aromatic carbocycles. The summed E-state index contributed by atoms with van der Waals surface area (Å²) in [7, 11) is 0. The van der Waals surface area contributed by atoms with Crippen molar-refractivity contribution in [2.24, 2.45) is 10.7 Å². The van der Waals surface area contributed by atoms with Crippen LogP contribution in [0.2, 0.25) is 0 Å². The SMILES string of the molecule is CCC(=O)NCCNC(=O)NC(N)=NCCC[C@@H](NC(=O)[C@@H](c1ccc(OCCCNC(=O)CCCCCNC(=O)CN2CCN(CC(=O)O)CCN(CC(=O)O)CCN(CC(=O)O)CC2)cc1)N1Cc2ccccc2C1)C(=O)NCc1ccc(O)cc1. The molecule has 0 radical (unpaired) electrons. The topological polar surface area (TPSA) is 383 Å². The van der Waals surface area contributed by atoms with Crippen LogP contribution < -0.4 is 47.7 Å². The van der Waals surface area contributed by atoms with E-state index < -0.39 is 47.8 Å². The van der Waals surface area contributed by atoms with E-state index in [-0.39, 0.29) is 114 Å². The number of hydrogen-bond donors (Lipinski definition) is 12. The molecule has 0 aromatic heterocycles. The third-order valence-corrected chi connectivity index (χ3v) is 14.6. The Morgan fingerprint density at radius 2 is 1.11 bits per heavy atom. The minimum atomic E-state index is -1.04. The van der Waals surface area contributed by atoms with Gasteiger partial charge in [-0.05, 0) is 78.6 Å². The van der Waals surface area contributed by atoms with E-state index in [4.69, 9.17) is 10.5 Å². The Balaban J connectivity index is 1.07. The van der Waals surface area contributed by atoms with Crippen molar-refractivity contribution in [2.45, 2.75) is 90.0 Å². The maximum Gasteiger partial charge on any atom is 0.321 e. The number of phenols is 1. The molecule has 482 valence electrons. The first-order valence-electron chi connectivity index (χ1n) is 29.9. The fourth-order valence-corrected chi connectivity index (χ4v) is 9.90. The van der Waals surface area contributed by atoms with Crippen molar-refractivity contribution in [1.82, 2.24) is 61.7 Å². The number of aromatic hydroxyl groups is 1. The number of hydrogen-bond acceptors (Lipinski definition) is 17. The quantitative estimate of drug-likeness (QED) is 0.0216. The summed E-state index contributed by atoms with van der Waals surface area (Å²) in [5.41, 5.74) is 9.52. The standard InChI is InChI=1S/C60H88N14O14/c1-2-50(76)64-25-26-66-60(87)69-59(61)65-23-8-12-49(57(85)67-36-43-14-18-47(75)19-15-43)68-58(86)56(74-37-45-10-5-6-11-46(45)38-74)44-16-20-48(21-17-44)88-35-9-24-62-51(77)13-4-3-7-22-63-52(78)39-70-27-29-71(40-53(79)80)31-33-73(42-55(83)84)34-32-72(30-28-70)41-54(81)82/h5-6,10-11,14-21,49,56,75H,2-4,7-9,12-13,22-42H2,1H3,(H,62,77)(H,63,78)(H,64,76)(H,67,85)(H,68,86)(H,79,80)(H,81,82)(H,83,84)(H4,61,65,66,69,87)/t49-,56-/m1/s1. The van der Waals surface area contributed by atoms with Crippen LogP contribution in [0, 0.1) is 0 Å². The second kappa shape index (κ2) is 38.7. The molecule has 2 aliphatic heterocycles. The van der Waals surface area contributed by atoms with E-state index in [1.165, 1.54) is 12.1 Å². The van der Waals surface area contributed by atoms with Gasteiger partial charge in [0.2, 0.25) is 29.5 Å². The number of rotatable bonds is 34. The first-order chi connectivity index (χ1) is 42.3. The molecule has 0 aliphatic carbocycles. The number of phenolic OH excluding ortho intramolecular Hbond substituents is 1. The predicted molar refractivity (Wildman–Crippen MR) is 326 cm³/mol. The summed E-state index contributed by atoms with van der Waals surface area (Å²) in [5.74, 6) is -3.96. The minimum Gasteiger partial charge on any atom is -0.508 e. The number of carbonyl (C=O) groups excluding carboxylic acids is 6. The Bertz CT molecular complexity index is 2720. The first-order valence-corrected chi connectivity index (χ1v) is 29.9. The number of carboxylic acids is 3. The van der Waals surface area contributed by atoms with Crippen LogP contribution in [-0.2, 0) is 58.0 Å². The Morgan fingerprint density at radius 3 is 1.68 bits per heavy atom. The van der Waals surface area contributed by atoms with Crippen molar-refractivity contribution in [3.05, 3.63) is 95.1 Å². The van der Waals surface area contributed by atoms with Crippen LogP contribution in [0.5, 0.6) is 11.5 Å². The monoisotopic (exact) mass is 1230 g/mol. The van der Waals surface area contributed by atoms with Gasteiger partial charge in [-0.1, -0.05) is 61.9 Å². The molecule has 1 fully saturated rings. The fourth-order valence-electron chi connectivity index (χ4n) is 9.90. The Kier molecular flexibility index (Phi) is 30.9. The number of amides is 7. The van der Waals surface area contributed by atoms with Gasteiger partial charge in [-0.2, -0.15) is 0 Å². The molecule has 0 spiro atoms. The molecular weight excluding hydrogens is 1140 g/mol. The van der Waals surface area contributed by atoms with Crippen LogP contribution in [0.3, 0.4) is 0 Å². The van der Waals surface area contributed by atoms with Crippen LogP contribution in [0.25, 0.3) is 0 Å². The molecular formula is C60H88N14O14. The number of aliphatic imine (C=N–C) groups is 1. The molecule has 2 heterocycles. The number of guanidine groups is 1. The third kappa shape index (κ3) is 27.5. The number of ether oxygens (including phenoxy) is 1. The van der Waals surface area contributed by atoms with Gasteiger partial charge in [0.15, 0.2) is 5.96 Å². The van der Waals surface area contributed by atoms with E-state index in [1.807, 2.05) is 46.2 Å². The van der Waals surface area contributed by atoms with E-state index in [2.05, 4.69) is 42.2 Å². The molecule has 13 N–H and O–H groups in total. The van der Waals surface area contributed by atoms with E-state index >= 15 is 0 Å². The molecule has 0 bridgehead atoms. The lowest BCUT2D eigenvalue weighted by Crippen LogP contribution is -2.50. The molecule has 1 saturated heterocycles. The summed E-state index contributed by atoms with van der Waals surface area (Å²) in [6.45, 7) is 6.04. The summed E-state index contributed by atoms with van der Waals surface area (Å²) >= 11 is 0. The molecule has 0 saturated carbocycles. The largest absolute Gasteiger partial charge is 0.508 e. The summed E-state index contributed by atoms with van der Waals surface area (Å²) < 4.78 is 6.03. The number of unbranched alkanes of at least 4 members (excludes halogenated alkanes) is 2. The predicted octanol–water partition coefficient (Wildman–Crippen LogP) is 0.208. The number of nitrogens with two attached hydrogens (primary N) is 1. The highest BCUT2D eigenvalue weighted by Crippen LogP contribution is 2.33. The van der Waals surface area contributed by atoms with E-state index in [0.29, 0.717) is 115 Å². The lowest BCUT2D eigenvalue weighted by atomic mass is 10.0. The zero-order valence-corrected chi connectivity index (χ0v) is 50.2. The maximum absolute atomic E-state index is 14.6. The van der Waals surface area contributed by atoms with Gasteiger partial charge in [0.1, 0.15) is 23.6 Å². The molecule has 2 aliphatic rings. The van der Waals surface area contributed by atoms with Gasteiger partial charge in [-0.25, -0.2) is 4.79 Å². The van der Waals surface area contributed by atoms with Crippen molar-refractivity contribution in [3.8, 4) is 11.5 Å². The van der Waals surface area contributed by atoms with Crippen LogP contribution in [0.15, 0.2) is 77.8 Å². The number of aliphatic carboxylic acids is 3. The van der Waals surface area contributed by atoms with Gasteiger partial charge in [0, 0.05) is 118 Å². The number of fused-ring (bicyclic) bond motifs is 1. The van der Waals surface area contributed by atoms with Gasteiger partial charge in [0.05, 0.1) is 32.8 Å². The van der Waals surface area contributed by atoms with Crippen LogP contribution in [0.4, 0.5) is 4.79 Å². The van der Waals surface area contributed by atoms with Crippen molar-refractivity contribution in [2.75, 3.05) is 118 Å². The molecule has 0 unspecified atom stereocenters. The fraction of sp³-hybridized carbons (Fsp3) is 0.533. The van der Waals surface area contributed by atoms with Crippen LogP contribution in [0.1, 0.15) is 86.6 Å². The van der Waals surface area contributed by atoms with Gasteiger partial charge < -0.3 is 62.8 Å². The Morgan fingerprint density at radius 1 is 0.580 bits per heavy atom. The number of nitrogens with zero attached hydrogens (tertiary/aromatic N) is 6. The Labute approximate surface area is 512 Å². The average molecular weight is 1230 g/mol. The van der Waals surface area contributed by atoms with Gasteiger partial charge in [0.25, 0.3) is 0 Å². The summed E-state index contributed by atoms with van der Waals surface area (Å²) in [4.78, 5) is 126. The molecule has 3 aromatic rings. The minimum absolute atomic E-state index is 0.0139. The van der Waals surface area contributed by atoms with Crippen molar-refractivity contribution in [1.29, 1.82) is 0 Å². The zero-order chi connectivity index (χ0) is 63.6. The number of benzene rings is 3. The Hall–Kier alpha value is -8.44. The van der Waals surface area contributed by atoms with Crippen molar-refractivity contribution in [3.63, 3.8) is 0 Å². The zero-order valence-electron chi connectivity index (χ0n) is 50.2. The number of urea groups is 1. The second-order valence-electron chi connectivity index (χ2n) is 21.6. The average Bonchev–Trinajstić information content (AvgIpc) is 2.30. The molecule has 28 heteroatoms. The molecule has 28 nitrogen and oxygen atoms in total. The second-order valence-corrected chi connectivity index (χ2v) is 21.6. The first kappa shape index (κ1) is 70.3. The highest BCUT2D eigenvalue weighted by Gasteiger charge is 2.34. The molecule has 2 atom stereocenters. The third-order valence-electron chi connectivity index (χ3n) is 14.6. The maximum atomic E-state index is 14.6. The lowest BCUT2D eigenvalue weighted by molar-refractivity contribution is -0.140. The van der Waals surface area contributed by atoms with Gasteiger partial charge >= 0.3 is 23.9 Å². The normalized spacial score (nSPS) is 15.4. The molecule has 88 heavy (non-hydrogen) atoms. The number of carboxylic acid groups (broad SMARTS) is 3. The van der Waals surface area contributed by atoms with Crippen LogP contribution in [-0.4, -0.2) is 228 Å². The van der Waals surface area contributed by atoms with Crippen molar-refractivity contribution < 1.29 is 68.3 Å². The highest BCUT2D eigenvalue weighted by molar-refractivity contribution is 5.95. The number of carbonyl (C=O) groups is 9. The summed E-state index contributed by atoms with van der Waals surface area (Å²) in [6.07, 6.45) is 3.54. The highest BCUT2D eigenvalue weighted by atomic mass is 16.5. The van der Waals surface area contributed by atoms with E-state index in [0.717, 1.165) is 16.7 Å². The van der Waals surface area contributed by atoms with E-state index in [9.17, 15) is 63.6 Å². The van der Waals surface area contributed by atoms with Crippen molar-refractivity contribution >= 4 is 59.4 Å². The van der Waals surface area contributed by atoms with Crippen LogP contribution >= 0.6 is 0 Å². The smallest absolute Gasteiger partial charge is 0.321 e.